The molecule has 0 amide bonds. The van der Waals surface area contributed by atoms with E-state index in [2.05, 4.69) is 66.7 Å². The molecule has 2 nitrogen and oxygen atoms in total. The summed E-state index contributed by atoms with van der Waals surface area (Å²) in [5, 5.41) is 2.62. The number of nitrogens with two attached hydrogens (primary N) is 1. The highest BCUT2D eigenvalue weighted by Gasteiger charge is 2.20. The third-order valence-corrected chi connectivity index (χ3v) is 7.42. The van der Waals surface area contributed by atoms with Crippen molar-refractivity contribution < 1.29 is 0 Å². The normalized spacial score (nSPS) is 11.2. The van der Waals surface area contributed by atoms with E-state index in [9.17, 15) is 0 Å². The molecule has 4 rings (SSSR count). The number of nitrogen functional groups attached to an aromatic ring is 1. The molecule has 3 aromatic carbocycles. The van der Waals surface area contributed by atoms with Gasteiger partial charge in [0.25, 0.3) is 0 Å². The Labute approximate surface area is 140 Å². The second-order valence-electron chi connectivity index (χ2n) is 5.20. The summed E-state index contributed by atoms with van der Waals surface area (Å²) in [4.78, 5) is 4.89. The van der Waals surface area contributed by atoms with Crippen molar-refractivity contribution in [2.24, 2.45) is 0 Å². The molecule has 0 bridgehead atoms. The Morgan fingerprint density at radius 1 is 0.739 bits per heavy atom. The summed E-state index contributed by atoms with van der Waals surface area (Å²) in [6, 6.07) is 27.2. The van der Waals surface area contributed by atoms with Gasteiger partial charge < -0.3 is 5.73 Å². The maximum Gasteiger partial charge on any atom is 0.125 e. The van der Waals surface area contributed by atoms with E-state index in [1.54, 1.807) is 11.3 Å². The maximum atomic E-state index is 6.10. The quantitative estimate of drug-likeness (QED) is 0.459. The van der Waals surface area contributed by atoms with Gasteiger partial charge in [0.15, 0.2) is 0 Å². The number of fused-ring (bicyclic) bond motifs is 1. The summed E-state index contributed by atoms with van der Waals surface area (Å²) in [5.41, 5.74) is 7.77. The Morgan fingerprint density at radius 3 is 1.91 bits per heavy atom. The highest BCUT2D eigenvalue weighted by molar-refractivity contribution is 7.84. The van der Waals surface area contributed by atoms with E-state index in [0.29, 0.717) is 0 Å². The van der Waals surface area contributed by atoms with Crippen molar-refractivity contribution in [1.29, 1.82) is 0 Å². The average molecular weight is 334 g/mol. The highest BCUT2D eigenvalue weighted by atomic mass is 32.1. The molecule has 2 N–H and O–H groups in total. The van der Waals surface area contributed by atoms with Gasteiger partial charge in [-0.05, 0) is 22.7 Å². The van der Waals surface area contributed by atoms with Crippen molar-refractivity contribution >= 4 is 50.5 Å². The zero-order valence-electron chi connectivity index (χ0n) is 12.4. The molecule has 0 saturated heterocycles. The molecule has 4 heteroatoms. The van der Waals surface area contributed by atoms with Gasteiger partial charge in [0.05, 0.1) is 10.4 Å². The third kappa shape index (κ3) is 2.74. The van der Waals surface area contributed by atoms with Crippen LogP contribution >= 0.6 is 19.3 Å². The number of benzene rings is 3. The highest BCUT2D eigenvalue weighted by Crippen LogP contribution is 2.36. The Morgan fingerprint density at radius 2 is 1.35 bits per heavy atom. The van der Waals surface area contributed by atoms with Gasteiger partial charge in [-0.2, -0.15) is 0 Å². The fourth-order valence-corrected chi connectivity index (χ4v) is 6.49. The van der Waals surface area contributed by atoms with E-state index >= 15 is 0 Å². The summed E-state index contributed by atoms with van der Waals surface area (Å²) in [6.45, 7) is 0. The maximum absolute atomic E-state index is 6.10. The van der Waals surface area contributed by atoms with E-state index in [1.807, 2.05) is 12.1 Å². The summed E-state index contributed by atoms with van der Waals surface area (Å²) >= 11 is 1.75. The van der Waals surface area contributed by atoms with Crippen LogP contribution < -0.4 is 21.1 Å². The lowest BCUT2D eigenvalue weighted by atomic mass is 10.3. The SMILES string of the molecule is Nc1cccc2sc(P(c3ccccc3)c3ccccc3)nc12. The first-order chi connectivity index (χ1) is 11.3. The molecule has 0 unspecified atom stereocenters. The Kier molecular flexibility index (Phi) is 3.82. The standard InChI is InChI=1S/C19H15N2PS/c20-16-12-7-13-17-18(16)21-19(23-17)22(14-8-3-1-4-9-14)15-10-5-2-6-11-15/h1-13H,20H2. The van der Waals surface area contributed by atoms with Gasteiger partial charge in [-0.3, -0.25) is 0 Å². The Hall–Kier alpha value is -2.22. The second-order valence-corrected chi connectivity index (χ2v) is 8.66. The molecule has 0 radical (unpaired) electrons. The number of anilines is 1. The van der Waals surface area contributed by atoms with Crippen molar-refractivity contribution in [2.45, 2.75) is 0 Å². The number of hydrogen-bond acceptors (Lipinski definition) is 3. The van der Waals surface area contributed by atoms with Gasteiger partial charge in [0, 0.05) is 7.92 Å². The van der Waals surface area contributed by atoms with Crippen molar-refractivity contribution in [2.75, 3.05) is 5.73 Å². The molecule has 1 heterocycles. The van der Waals surface area contributed by atoms with Crippen LogP contribution in [0.5, 0.6) is 0 Å². The van der Waals surface area contributed by atoms with Crippen molar-refractivity contribution in [3.63, 3.8) is 0 Å². The van der Waals surface area contributed by atoms with Crippen LogP contribution in [0.4, 0.5) is 5.69 Å². The summed E-state index contributed by atoms with van der Waals surface area (Å²) < 4.78 is 2.30. The van der Waals surface area contributed by atoms with E-state index < -0.39 is 7.92 Å². The van der Waals surface area contributed by atoms with Crippen molar-refractivity contribution in [3.8, 4) is 0 Å². The van der Waals surface area contributed by atoms with Gasteiger partial charge in [-0.15, -0.1) is 11.3 Å². The lowest BCUT2D eigenvalue weighted by molar-refractivity contribution is 1.55. The lowest BCUT2D eigenvalue weighted by Crippen LogP contribution is -2.20. The molecular formula is C19H15N2PS. The first kappa shape index (κ1) is 14.4. The predicted molar refractivity (Wildman–Crippen MR) is 103 cm³/mol. The minimum absolute atomic E-state index is 0.653. The number of nitrogens with zero attached hydrogens (tertiary/aromatic N) is 1. The van der Waals surface area contributed by atoms with Crippen LogP contribution in [0.2, 0.25) is 0 Å². The molecule has 0 saturated carbocycles. The van der Waals surface area contributed by atoms with Crippen LogP contribution in [0, 0.1) is 0 Å². The van der Waals surface area contributed by atoms with Crippen LogP contribution in [0.15, 0.2) is 78.9 Å². The molecule has 4 aromatic rings. The first-order valence-electron chi connectivity index (χ1n) is 7.38. The van der Waals surface area contributed by atoms with Gasteiger partial charge in [-0.25, -0.2) is 4.98 Å². The van der Waals surface area contributed by atoms with Crippen molar-refractivity contribution in [3.05, 3.63) is 78.9 Å². The molecule has 23 heavy (non-hydrogen) atoms. The molecule has 0 aliphatic carbocycles. The molecule has 0 aliphatic heterocycles. The minimum Gasteiger partial charge on any atom is -0.397 e. The second kappa shape index (κ2) is 6.11. The van der Waals surface area contributed by atoms with E-state index in [1.165, 1.54) is 10.6 Å². The monoisotopic (exact) mass is 334 g/mol. The van der Waals surface area contributed by atoms with Gasteiger partial charge in [0.2, 0.25) is 0 Å². The Balaban J connectivity index is 1.92. The zero-order chi connectivity index (χ0) is 15.6. The van der Waals surface area contributed by atoms with Crippen molar-refractivity contribution in [1.82, 2.24) is 4.98 Å². The summed E-state index contributed by atoms with van der Waals surface area (Å²) in [7, 11) is -0.653. The average Bonchev–Trinajstić information content (AvgIpc) is 3.02. The smallest absolute Gasteiger partial charge is 0.125 e. The van der Waals surface area contributed by atoms with Crippen LogP contribution in [-0.2, 0) is 0 Å². The number of rotatable bonds is 3. The van der Waals surface area contributed by atoms with E-state index in [-0.39, 0.29) is 0 Å². The summed E-state index contributed by atoms with van der Waals surface area (Å²) in [5.74, 6) is 0. The largest absolute Gasteiger partial charge is 0.397 e. The number of aromatic nitrogens is 1. The van der Waals surface area contributed by atoms with Crippen LogP contribution in [0.25, 0.3) is 10.2 Å². The number of hydrogen-bond donors (Lipinski definition) is 1. The first-order valence-corrected chi connectivity index (χ1v) is 9.54. The molecule has 0 spiro atoms. The van der Waals surface area contributed by atoms with E-state index in [4.69, 9.17) is 10.7 Å². The number of thiazole rings is 1. The zero-order valence-corrected chi connectivity index (χ0v) is 14.1. The van der Waals surface area contributed by atoms with Gasteiger partial charge in [-0.1, -0.05) is 66.7 Å². The number of para-hydroxylation sites is 1. The van der Waals surface area contributed by atoms with Crippen LogP contribution in [0.1, 0.15) is 0 Å². The van der Waals surface area contributed by atoms with Crippen LogP contribution in [0.3, 0.4) is 0 Å². The molecule has 0 atom stereocenters. The van der Waals surface area contributed by atoms with Gasteiger partial charge in [0.1, 0.15) is 10.3 Å². The fourth-order valence-electron chi connectivity index (χ4n) is 2.58. The fraction of sp³-hybridized carbons (Fsp3) is 0. The predicted octanol–water partition coefficient (Wildman–Crippen LogP) is 3.64. The molecule has 112 valence electrons. The molecule has 1 aromatic heterocycles. The lowest BCUT2D eigenvalue weighted by Gasteiger charge is -2.15. The van der Waals surface area contributed by atoms with E-state index in [0.717, 1.165) is 20.7 Å². The molecule has 0 aliphatic rings. The third-order valence-electron chi connectivity index (χ3n) is 3.66. The topological polar surface area (TPSA) is 38.9 Å². The van der Waals surface area contributed by atoms with Crippen LogP contribution in [-0.4, -0.2) is 4.98 Å². The minimum atomic E-state index is -0.653. The molecule has 0 fully saturated rings. The molecular weight excluding hydrogens is 319 g/mol. The Bertz CT molecular complexity index is 896. The summed E-state index contributed by atoms with van der Waals surface area (Å²) in [6.07, 6.45) is 0. The van der Waals surface area contributed by atoms with Gasteiger partial charge >= 0.3 is 0 Å².